The molecule has 0 atom stereocenters. The van der Waals surface area contributed by atoms with Crippen LogP contribution >= 0.6 is 0 Å². The van der Waals surface area contributed by atoms with E-state index in [-0.39, 0.29) is 0 Å². The molecule has 41 heavy (non-hydrogen) atoms. The lowest BCUT2D eigenvalue weighted by Gasteiger charge is -2.40. The molecule has 1 aliphatic heterocycles. The van der Waals surface area contributed by atoms with Gasteiger partial charge in [0.25, 0.3) is 0 Å². The van der Waals surface area contributed by atoms with Crippen LogP contribution in [0.15, 0.2) is 72.8 Å². The van der Waals surface area contributed by atoms with Gasteiger partial charge in [-0.25, -0.2) is 0 Å². The summed E-state index contributed by atoms with van der Waals surface area (Å²) in [6.45, 7) is 9.55. The molecule has 3 heteroatoms. The Morgan fingerprint density at radius 2 is 1.15 bits per heavy atom. The highest BCUT2D eigenvalue weighted by atomic mass is 16.5. The van der Waals surface area contributed by atoms with Gasteiger partial charge >= 0.3 is 0 Å². The Kier molecular flexibility index (Phi) is 10.9. The molecule has 4 aromatic carbocycles. The molecular formula is C38H48O3. The van der Waals surface area contributed by atoms with Crippen LogP contribution in [0.3, 0.4) is 0 Å². The largest absolute Gasteiger partial charge is 0.381 e. The minimum Gasteiger partial charge on any atom is -0.381 e. The first kappa shape index (κ1) is 29.8. The predicted molar refractivity (Wildman–Crippen MR) is 173 cm³/mol. The molecule has 4 aromatic rings. The van der Waals surface area contributed by atoms with Gasteiger partial charge in [-0.3, -0.25) is 0 Å². The Balaban J connectivity index is 0.971. The van der Waals surface area contributed by atoms with Crippen molar-refractivity contribution in [2.45, 2.75) is 78.2 Å². The molecule has 0 unspecified atom stereocenters. The fourth-order valence-corrected chi connectivity index (χ4v) is 6.15. The summed E-state index contributed by atoms with van der Waals surface area (Å²) in [7, 11) is 0. The molecule has 1 aliphatic rings. The maximum atomic E-state index is 6.03. The Labute approximate surface area is 247 Å². The highest BCUT2D eigenvalue weighted by Gasteiger charge is 2.36. The molecule has 0 N–H and O–H groups in total. The second-order valence-corrected chi connectivity index (χ2v) is 12.1. The van der Waals surface area contributed by atoms with Gasteiger partial charge in [0.15, 0.2) is 0 Å². The van der Waals surface area contributed by atoms with Gasteiger partial charge in [0.1, 0.15) is 0 Å². The molecule has 1 saturated heterocycles. The Morgan fingerprint density at radius 1 is 0.634 bits per heavy atom. The summed E-state index contributed by atoms with van der Waals surface area (Å²) in [6, 6.07) is 26.6. The van der Waals surface area contributed by atoms with Crippen molar-refractivity contribution in [2.24, 2.45) is 5.41 Å². The van der Waals surface area contributed by atoms with Gasteiger partial charge in [0.2, 0.25) is 0 Å². The molecule has 0 bridgehead atoms. The van der Waals surface area contributed by atoms with Crippen LogP contribution in [0.5, 0.6) is 0 Å². The minimum absolute atomic E-state index is 0.321. The molecule has 0 spiro atoms. The van der Waals surface area contributed by atoms with Crippen molar-refractivity contribution in [3.8, 4) is 11.1 Å². The molecule has 0 aliphatic carbocycles. The lowest BCUT2D eigenvalue weighted by molar-refractivity contribution is -0.150. The molecule has 1 heterocycles. The zero-order chi connectivity index (χ0) is 28.3. The highest BCUT2D eigenvalue weighted by molar-refractivity contribution is 6.14. The molecular weight excluding hydrogens is 504 g/mol. The maximum absolute atomic E-state index is 6.03. The molecule has 0 amide bonds. The van der Waals surface area contributed by atoms with Gasteiger partial charge in [-0.2, -0.15) is 0 Å². The van der Waals surface area contributed by atoms with Gasteiger partial charge in [-0.1, -0.05) is 118 Å². The fourth-order valence-electron chi connectivity index (χ4n) is 6.15. The summed E-state index contributed by atoms with van der Waals surface area (Å²) >= 11 is 0. The summed E-state index contributed by atoms with van der Waals surface area (Å²) in [4.78, 5) is 0. The van der Waals surface area contributed by atoms with Crippen LogP contribution < -0.4 is 0 Å². The number of unbranched alkanes of at least 4 members (excludes halogenated alkanes) is 7. The van der Waals surface area contributed by atoms with Crippen LogP contribution in [0.4, 0.5) is 0 Å². The third-order valence-corrected chi connectivity index (χ3v) is 9.01. The average Bonchev–Trinajstić information content (AvgIpc) is 2.99. The number of aryl methyl sites for hydroxylation is 1. The van der Waals surface area contributed by atoms with E-state index < -0.39 is 0 Å². The maximum Gasteiger partial charge on any atom is 0.0716 e. The molecule has 0 radical (unpaired) electrons. The Bertz CT molecular complexity index is 1310. The Morgan fingerprint density at radius 3 is 1.66 bits per heavy atom. The monoisotopic (exact) mass is 552 g/mol. The molecule has 218 valence electrons. The van der Waals surface area contributed by atoms with E-state index in [1.165, 1.54) is 88.7 Å². The van der Waals surface area contributed by atoms with Crippen LogP contribution in [-0.2, 0) is 20.8 Å². The fraction of sp³-hybridized carbons (Fsp3) is 0.474. The smallest absolute Gasteiger partial charge is 0.0716 e. The number of hydrogen-bond acceptors (Lipinski definition) is 3. The number of ether oxygens (including phenoxy) is 3. The van der Waals surface area contributed by atoms with Crippen molar-refractivity contribution in [3.05, 3.63) is 83.9 Å². The molecule has 3 nitrogen and oxygen atoms in total. The number of rotatable bonds is 17. The summed E-state index contributed by atoms with van der Waals surface area (Å²) in [6.07, 6.45) is 11.4. The number of benzene rings is 4. The minimum atomic E-state index is 0.321. The van der Waals surface area contributed by atoms with E-state index >= 15 is 0 Å². The molecule has 1 fully saturated rings. The quantitative estimate of drug-likeness (QED) is 0.0963. The van der Waals surface area contributed by atoms with E-state index in [0.717, 1.165) is 45.9 Å². The first-order valence-electron chi connectivity index (χ1n) is 15.9. The van der Waals surface area contributed by atoms with Gasteiger partial charge < -0.3 is 14.2 Å². The summed E-state index contributed by atoms with van der Waals surface area (Å²) < 4.78 is 17.3. The van der Waals surface area contributed by atoms with Crippen LogP contribution in [-0.4, -0.2) is 33.0 Å². The summed E-state index contributed by atoms with van der Waals surface area (Å²) in [5.41, 5.74) is 5.51. The van der Waals surface area contributed by atoms with Crippen LogP contribution in [0.25, 0.3) is 32.7 Å². The first-order chi connectivity index (χ1) is 20.2. The molecule has 0 saturated carbocycles. The summed E-state index contributed by atoms with van der Waals surface area (Å²) in [5, 5.41) is 5.31. The van der Waals surface area contributed by atoms with E-state index in [1.54, 1.807) is 0 Å². The zero-order valence-corrected chi connectivity index (χ0v) is 25.3. The normalized spacial score (nSPS) is 14.5. The predicted octanol–water partition coefficient (Wildman–Crippen LogP) is 10.0. The first-order valence-corrected chi connectivity index (χ1v) is 15.9. The van der Waals surface area contributed by atoms with Crippen molar-refractivity contribution in [1.82, 2.24) is 0 Å². The topological polar surface area (TPSA) is 27.7 Å². The summed E-state index contributed by atoms with van der Waals surface area (Å²) in [5.74, 6) is 0. The van der Waals surface area contributed by atoms with E-state index in [9.17, 15) is 0 Å². The van der Waals surface area contributed by atoms with E-state index in [2.05, 4.69) is 86.6 Å². The lowest BCUT2D eigenvalue weighted by atomic mass is 9.84. The van der Waals surface area contributed by atoms with Gasteiger partial charge in [-0.05, 0) is 70.0 Å². The van der Waals surface area contributed by atoms with Crippen molar-refractivity contribution in [2.75, 3.05) is 33.0 Å². The van der Waals surface area contributed by atoms with Crippen LogP contribution in [0.2, 0.25) is 0 Å². The second kappa shape index (κ2) is 15.0. The second-order valence-electron chi connectivity index (χ2n) is 12.1. The lowest BCUT2D eigenvalue weighted by Crippen LogP contribution is -2.45. The number of fused-ring (bicyclic) bond motifs is 2. The highest BCUT2D eigenvalue weighted by Crippen LogP contribution is 2.39. The van der Waals surface area contributed by atoms with Crippen molar-refractivity contribution >= 4 is 21.5 Å². The Hall–Kier alpha value is -2.72. The standard InChI is InChI=1S/C38H48O3/c1-3-38(28-41-29-38)27-40-25-15-9-7-5-4-6-8-14-24-39-26-31-20-22-32(23-21-31)37-35-18-12-10-16-33(35)30(2)34-17-11-13-19-36(34)37/h10-13,16-23H,3-9,14-15,24-29H2,1-2H3. The molecule has 5 rings (SSSR count). The van der Waals surface area contributed by atoms with Crippen molar-refractivity contribution < 1.29 is 14.2 Å². The van der Waals surface area contributed by atoms with Gasteiger partial charge in [0.05, 0.1) is 26.4 Å². The van der Waals surface area contributed by atoms with Crippen LogP contribution in [0, 0.1) is 12.3 Å². The van der Waals surface area contributed by atoms with E-state index in [1.807, 2.05) is 0 Å². The van der Waals surface area contributed by atoms with Gasteiger partial charge in [-0.15, -0.1) is 0 Å². The third kappa shape index (κ3) is 7.57. The van der Waals surface area contributed by atoms with Gasteiger partial charge in [0, 0.05) is 18.6 Å². The van der Waals surface area contributed by atoms with Crippen molar-refractivity contribution in [3.63, 3.8) is 0 Å². The molecule has 0 aromatic heterocycles. The van der Waals surface area contributed by atoms with E-state index in [4.69, 9.17) is 14.2 Å². The van der Waals surface area contributed by atoms with E-state index in [0.29, 0.717) is 12.0 Å². The van der Waals surface area contributed by atoms with Crippen molar-refractivity contribution in [1.29, 1.82) is 0 Å². The number of hydrogen-bond donors (Lipinski definition) is 0. The van der Waals surface area contributed by atoms with Crippen LogP contribution in [0.1, 0.15) is 75.8 Å². The average molecular weight is 553 g/mol. The third-order valence-electron chi connectivity index (χ3n) is 9.01. The zero-order valence-electron chi connectivity index (χ0n) is 25.3. The SMILES string of the molecule is CCC1(COCCCCCCCCCCOCc2ccc(-c3c4ccccc4c(C)c4ccccc34)cc2)COC1.